The van der Waals surface area contributed by atoms with Crippen LogP contribution in [0.5, 0.6) is 11.5 Å². The summed E-state index contributed by atoms with van der Waals surface area (Å²) in [7, 11) is -1.07. The number of carbonyl (C=O) groups excluding carboxylic acids is 1. The molecule has 1 fully saturated rings. The molecule has 0 atom stereocenters. The fraction of sp³-hybridized carbons (Fsp3) is 0.200. The van der Waals surface area contributed by atoms with Crippen molar-refractivity contribution in [2.75, 3.05) is 20.8 Å². The maximum atomic E-state index is 13.1. The lowest BCUT2D eigenvalue weighted by Gasteiger charge is -2.12. The number of carbonyl (C=O) groups is 1. The molecule has 10 heteroatoms. The Labute approximate surface area is 178 Å². The second-order valence-corrected chi connectivity index (χ2v) is 8.69. The molecule has 0 aliphatic carbocycles. The van der Waals surface area contributed by atoms with Gasteiger partial charge in [-0.15, -0.1) is 4.40 Å². The lowest BCUT2D eigenvalue weighted by molar-refractivity contribution is -0.122. The molecule has 0 spiro atoms. The minimum absolute atomic E-state index is 0.0403. The topological polar surface area (TPSA) is 85.3 Å². The first-order valence-corrected chi connectivity index (χ1v) is 11.1. The van der Waals surface area contributed by atoms with Crippen LogP contribution in [0.1, 0.15) is 12.5 Å². The van der Waals surface area contributed by atoms with Crippen LogP contribution in [0, 0.1) is 5.82 Å². The minimum Gasteiger partial charge on any atom is -0.493 e. The zero-order valence-electron chi connectivity index (χ0n) is 16.5. The standard InChI is InChI=1S/C20H19FN2O5S2/c1-4-23-19(24)18(12-13-5-10-16(27-2)17(11-13)28-3)29-20(23)22-30(25,26)15-8-6-14(21)7-9-15/h5-12H,4H2,1-3H3/b18-12-,22-20-. The number of sulfonamides is 1. The van der Waals surface area contributed by atoms with Gasteiger partial charge in [0.2, 0.25) is 0 Å². The zero-order valence-corrected chi connectivity index (χ0v) is 18.1. The van der Waals surface area contributed by atoms with Gasteiger partial charge in [-0.25, -0.2) is 4.39 Å². The number of methoxy groups -OCH3 is 2. The molecule has 158 valence electrons. The first-order valence-electron chi connectivity index (χ1n) is 8.83. The van der Waals surface area contributed by atoms with E-state index in [-0.39, 0.29) is 22.5 Å². The van der Waals surface area contributed by atoms with Gasteiger partial charge >= 0.3 is 0 Å². The summed E-state index contributed by atoms with van der Waals surface area (Å²) in [5.74, 6) is 0.142. The molecule has 2 aromatic carbocycles. The Balaban J connectivity index is 1.96. The van der Waals surface area contributed by atoms with E-state index in [0.717, 1.165) is 36.0 Å². The van der Waals surface area contributed by atoms with Crippen molar-refractivity contribution >= 4 is 38.9 Å². The highest BCUT2D eigenvalue weighted by molar-refractivity contribution is 8.19. The Kier molecular flexibility index (Phi) is 6.47. The number of benzene rings is 2. The van der Waals surface area contributed by atoms with Gasteiger partial charge in [-0.3, -0.25) is 9.69 Å². The normalized spacial score (nSPS) is 17.1. The van der Waals surface area contributed by atoms with Crippen molar-refractivity contribution in [3.8, 4) is 11.5 Å². The van der Waals surface area contributed by atoms with Crippen molar-refractivity contribution < 1.29 is 27.1 Å². The third-order valence-corrected chi connectivity index (χ3v) is 6.62. The fourth-order valence-corrected chi connectivity index (χ4v) is 4.96. The first-order chi connectivity index (χ1) is 14.3. The summed E-state index contributed by atoms with van der Waals surface area (Å²) in [5, 5.41) is 0.0403. The molecule has 0 N–H and O–H groups in total. The molecular formula is C20H19FN2O5S2. The highest BCUT2D eigenvalue weighted by Gasteiger charge is 2.34. The molecule has 1 saturated heterocycles. The number of amidine groups is 1. The molecule has 0 saturated carbocycles. The molecular weight excluding hydrogens is 431 g/mol. The van der Waals surface area contributed by atoms with Crippen LogP contribution in [-0.2, 0) is 14.8 Å². The quantitative estimate of drug-likeness (QED) is 0.626. The van der Waals surface area contributed by atoms with Crippen molar-refractivity contribution in [2.45, 2.75) is 11.8 Å². The number of nitrogens with zero attached hydrogens (tertiary/aromatic N) is 2. The van der Waals surface area contributed by atoms with E-state index in [4.69, 9.17) is 9.47 Å². The highest BCUT2D eigenvalue weighted by atomic mass is 32.2. The number of thioether (sulfide) groups is 1. The van der Waals surface area contributed by atoms with Gasteiger partial charge in [0, 0.05) is 6.54 Å². The van der Waals surface area contributed by atoms with Gasteiger partial charge in [-0.05, 0) is 66.7 Å². The predicted octanol–water partition coefficient (Wildman–Crippen LogP) is 3.52. The van der Waals surface area contributed by atoms with E-state index in [1.807, 2.05) is 0 Å². The van der Waals surface area contributed by atoms with Crippen LogP contribution in [0.4, 0.5) is 4.39 Å². The lowest BCUT2D eigenvalue weighted by Crippen LogP contribution is -2.29. The highest BCUT2D eigenvalue weighted by Crippen LogP contribution is 2.35. The van der Waals surface area contributed by atoms with Crippen LogP contribution in [0.2, 0.25) is 0 Å². The Bertz CT molecular complexity index is 1130. The zero-order chi connectivity index (χ0) is 21.9. The Hall–Kier alpha value is -2.85. The SMILES string of the molecule is CCN1C(=O)/C(=C/c2ccc(OC)c(OC)c2)S/C1=N\S(=O)(=O)c1ccc(F)cc1. The summed E-state index contributed by atoms with van der Waals surface area (Å²) in [6, 6.07) is 9.52. The van der Waals surface area contributed by atoms with E-state index in [1.54, 1.807) is 31.2 Å². The van der Waals surface area contributed by atoms with Crippen LogP contribution in [0.3, 0.4) is 0 Å². The van der Waals surface area contributed by atoms with Crippen molar-refractivity contribution in [1.82, 2.24) is 4.90 Å². The van der Waals surface area contributed by atoms with Crippen LogP contribution in [0.15, 0.2) is 56.7 Å². The van der Waals surface area contributed by atoms with E-state index < -0.39 is 15.8 Å². The maximum absolute atomic E-state index is 13.1. The summed E-state index contributed by atoms with van der Waals surface area (Å²) >= 11 is 0.957. The number of rotatable bonds is 6. The van der Waals surface area contributed by atoms with Crippen LogP contribution in [0.25, 0.3) is 6.08 Å². The Morgan fingerprint density at radius 3 is 2.37 bits per heavy atom. The number of hydrogen-bond acceptors (Lipinski definition) is 6. The molecule has 0 radical (unpaired) electrons. The van der Waals surface area contributed by atoms with Gasteiger partial charge in [-0.1, -0.05) is 6.07 Å². The Morgan fingerprint density at radius 1 is 1.10 bits per heavy atom. The van der Waals surface area contributed by atoms with E-state index in [9.17, 15) is 17.6 Å². The molecule has 1 aliphatic rings. The number of hydrogen-bond donors (Lipinski definition) is 0. The van der Waals surface area contributed by atoms with Crippen molar-refractivity contribution in [2.24, 2.45) is 4.40 Å². The van der Waals surface area contributed by atoms with Crippen molar-refractivity contribution in [1.29, 1.82) is 0 Å². The molecule has 7 nitrogen and oxygen atoms in total. The van der Waals surface area contributed by atoms with Crippen LogP contribution < -0.4 is 9.47 Å². The number of likely N-dealkylation sites (N-methyl/N-ethyl adjacent to an activating group) is 1. The summed E-state index contributed by atoms with van der Waals surface area (Å²) in [6.45, 7) is 1.96. The molecule has 0 aromatic heterocycles. The molecule has 0 unspecified atom stereocenters. The van der Waals surface area contributed by atoms with Gasteiger partial charge in [0.05, 0.1) is 24.0 Å². The monoisotopic (exact) mass is 450 g/mol. The largest absolute Gasteiger partial charge is 0.493 e. The molecule has 1 heterocycles. The lowest BCUT2D eigenvalue weighted by atomic mass is 10.2. The minimum atomic E-state index is -4.10. The van der Waals surface area contributed by atoms with E-state index >= 15 is 0 Å². The number of halogens is 1. The molecule has 1 aliphatic heterocycles. The third-order valence-electron chi connectivity index (χ3n) is 4.22. The van der Waals surface area contributed by atoms with Gasteiger partial charge in [0.15, 0.2) is 16.7 Å². The second-order valence-electron chi connectivity index (χ2n) is 6.08. The van der Waals surface area contributed by atoms with Gasteiger partial charge in [-0.2, -0.15) is 8.42 Å². The van der Waals surface area contributed by atoms with Crippen LogP contribution in [-0.4, -0.2) is 45.2 Å². The number of ether oxygens (including phenoxy) is 2. The fourth-order valence-electron chi connectivity index (χ4n) is 2.71. The Morgan fingerprint density at radius 2 is 1.77 bits per heavy atom. The van der Waals surface area contributed by atoms with Crippen LogP contribution >= 0.6 is 11.8 Å². The van der Waals surface area contributed by atoms with Crippen molar-refractivity contribution in [3.05, 3.63) is 58.8 Å². The molecule has 1 amide bonds. The smallest absolute Gasteiger partial charge is 0.284 e. The summed E-state index contributed by atoms with van der Waals surface area (Å²) in [4.78, 5) is 14.2. The third kappa shape index (κ3) is 4.49. The van der Waals surface area contributed by atoms with E-state index in [1.165, 1.54) is 19.1 Å². The average Bonchev–Trinajstić information content (AvgIpc) is 3.01. The van der Waals surface area contributed by atoms with Crippen molar-refractivity contribution in [3.63, 3.8) is 0 Å². The van der Waals surface area contributed by atoms with E-state index in [0.29, 0.717) is 22.0 Å². The van der Waals surface area contributed by atoms with Gasteiger partial charge < -0.3 is 9.47 Å². The van der Waals surface area contributed by atoms with E-state index in [2.05, 4.69) is 4.40 Å². The maximum Gasteiger partial charge on any atom is 0.284 e. The summed E-state index contributed by atoms with van der Waals surface area (Å²) in [5.41, 5.74) is 0.683. The molecule has 0 bridgehead atoms. The summed E-state index contributed by atoms with van der Waals surface area (Å²) < 4.78 is 52.5. The molecule has 2 aromatic rings. The molecule has 3 rings (SSSR count). The van der Waals surface area contributed by atoms with Gasteiger partial charge in [0.1, 0.15) is 5.82 Å². The average molecular weight is 451 g/mol. The van der Waals surface area contributed by atoms with Gasteiger partial charge in [0.25, 0.3) is 15.9 Å². The first kappa shape index (κ1) is 21.8. The molecule has 30 heavy (non-hydrogen) atoms. The summed E-state index contributed by atoms with van der Waals surface area (Å²) in [6.07, 6.45) is 1.63. The second kappa shape index (κ2) is 8.88. The predicted molar refractivity (Wildman–Crippen MR) is 114 cm³/mol. The number of amides is 1.